The molecule has 1 aliphatic rings. The summed E-state index contributed by atoms with van der Waals surface area (Å²) in [4.78, 5) is 16.6. The number of anilines is 6. The van der Waals surface area contributed by atoms with Gasteiger partial charge in [-0.25, -0.2) is 4.79 Å². The van der Waals surface area contributed by atoms with Crippen molar-refractivity contribution in [2.75, 3.05) is 9.80 Å². The Morgan fingerprint density at radius 3 is 1.34 bits per heavy atom. The number of carboxylic acids is 1. The SMILES string of the molecule is CCC1(CC)c2cc(N(c3ccccc3)c3ccc4ccc5cccc6ccc3c4c56)ccc2-c2ccc(N(c3ccc(/C=C(\C#N)C(=O)O)cc3)c3ccc4ccc5cccc6ccc3c4c56)cc21. The second-order valence-electron chi connectivity index (χ2n) is 18.7. The highest BCUT2D eigenvalue weighted by Crippen LogP contribution is 2.56. The molecule has 0 saturated heterocycles. The van der Waals surface area contributed by atoms with Gasteiger partial charge in [0.1, 0.15) is 11.6 Å². The van der Waals surface area contributed by atoms with Crippen LogP contribution in [0.1, 0.15) is 43.4 Å². The van der Waals surface area contributed by atoms with Crippen LogP contribution in [0.15, 0.2) is 206 Å². The number of hydrogen-bond acceptors (Lipinski definition) is 4. The van der Waals surface area contributed by atoms with Crippen molar-refractivity contribution in [1.82, 2.24) is 0 Å². The molecule has 0 saturated carbocycles. The molecule has 5 heteroatoms. The molecule has 0 atom stereocenters. The fourth-order valence-electron chi connectivity index (χ4n) is 12.1. The van der Waals surface area contributed by atoms with Gasteiger partial charge in [-0.2, -0.15) is 5.26 Å². The predicted octanol–water partition coefficient (Wildman–Crippen LogP) is 17.5. The molecule has 0 heterocycles. The fraction of sp³-hybridized carbons (Fsp3) is 0.0769. The van der Waals surface area contributed by atoms with E-state index in [4.69, 9.17) is 0 Å². The molecule has 1 N–H and O–H groups in total. The first-order chi connectivity index (χ1) is 34.4. The Morgan fingerprint density at radius 2 is 0.900 bits per heavy atom. The van der Waals surface area contributed by atoms with E-state index in [-0.39, 0.29) is 11.0 Å². The molecule has 12 aromatic carbocycles. The summed E-state index contributed by atoms with van der Waals surface area (Å²) in [5, 5.41) is 34.0. The zero-order valence-corrected chi connectivity index (χ0v) is 38.7. The number of fused-ring (bicyclic) bond motifs is 3. The standard InChI is InChI=1S/C65H45N3O2/c1-3-65(4-2)56-37-50(67(48-14-6-5-7-15-48)58-34-24-45-20-18-41-10-8-12-43-22-30-54(58)62(45)60(41)43)28-32-52(56)53-33-29-51(38-57(53)65)68(49-26-16-40(17-27-49)36-47(39-66)64(69)70)59-35-25-46-21-19-42-11-9-13-44-23-31-55(59)63(46)61(42)44/h5-38H,3-4H2,1-2H3,(H,69,70)/b47-36+. The van der Waals surface area contributed by atoms with Crippen LogP contribution in [-0.4, -0.2) is 11.1 Å². The van der Waals surface area contributed by atoms with Crippen LogP contribution in [0.25, 0.3) is 81.8 Å². The van der Waals surface area contributed by atoms with E-state index in [0.717, 1.165) is 52.4 Å². The monoisotopic (exact) mass is 899 g/mol. The molecule has 332 valence electrons. The van der Waals surface area contributed by atoms with Crippen LogP contribution in [-0.2, 0) is 10.2 Å². The minimum Gasteiger partial charge on any atom is -0.477 e. The zero-order valence-electron chi connectivity index (χ0n) is 38.7. The molecule has 0 amide bonds. The van der Waals surface area contributed by atoms with Gasteiger partial charge < -0.3 is 14.9 Å². The van der Waals surface area contributed by atoms with Crippen molar-refractivity contribution in [2.24, 2.45) is 0 Å². The molecular weight excluding hydrogens is 855 g/mol. The summed E-state index contributed by atoms with van der Waals surface area (Å²) in [6.07, 6.45) is 3.24. The Labute approximate surface area is 405 Å². The summed E-state index contributed by atoms with van der Waals surface area (Å²) in [6, 6.07) is 74.6. The van der Waals surface area contributed by atoms with Crippen molar-refractivity contribution in [1.29, 1.82) is 5.26 Å². The van der Waals surface area contributed by atoms with Gasteiger partial charge in [0, 0.05) is 38.9 Å². The first-order valence-electron chi connectivity index (χ1n) is 24.1. The quantitative estimate of drug-likeness (QED) is 0.0841. The second-order valence-corrected chi connectivity index (χ2v) is 18.7. The molecule has 0 fully saturated rings. The van der Waals surface area contributed by atoms with Gasteiger partial charge in [-0.1, -0.05) is 153 Å². The third kappa shape index (κ3) is 6.06. The first-order valence-corrected chi connectivity index (χ1v) is 24.1. The molecule has 0 radical (unpaired) electrons. The van der Waals surface area contributed by atoms with E-state index in [1.807, 2.05) is 30.3 Å². The third-order valence-corrected chi connectivity index (χ3v) is 15.4. The summed E-state index contributed by atoms with van der Waals surface area (Å²) < 4.78 is 0. The first kappa shape index (κ1) is 41.2. The fourth-order valence-corrected chi connectivity index (χ4v) is 12.1. The lowest BCUT2D eigenvalue weighted by Gasteiger charge is -2.33. The van der Waals surface area contributed by atoms with Gasteiger partial charge in [0.05, 0.1) is 11.4 Å². The molecule has 0 aromatic heterocycles. The van der Waals surface area contributed by atoms with Crippen LogP contribution in [0.2, 0.25) is 0 Å². The summed E-state index contributed by atoms with van der Waals surface area (Å²) in [6.45, 7) is 4.66. The van der Waals surface area contributed by atoms with Crippen molar-refractivity contribution in [3.05, 3.63) is 222 Å². The van der Waals surface area contributed by atoms with Crippen LogP contribution < -0.4 is 9.80 Å². The number of carboxylic acid groups (broad SMARTS) is 1. The maximum absolute atomic E-state index is 11.8. The smallest absolute Gasteiger partial charge is 0.346 e. The van der Waals surface area contributed by atoms with Gasteiger partial charge in [-0.15, -0.1) is 0 Å². The van der Waals surface area contributed by atoms with E-state index in [9.17, 15) is 15.2 Å². The Kier molecular flexibility index (Phi) is 9.31. The van der Waals surface area contributed by atoms with Gasteiger partial charge in [-0.3, -0.25) is 0 Å². The number of hydrogen-bond donors (Lipinski definition) is 1. The normalized spacial score (nSPS) is 13.1. The van der Waals surface area contributed by atoms with Crippen molar-refractivity contribution >= 4 is 111 Å². The molecular formula is C65H45N3O2. The average Bonchev–Trinajstić information content (AvgIpc) is 3.68. The molecule has 13 rings (SSSR count). The van der Waals surface area contributed by atoms with Crippen molar-refractivity contribution < 1.29 is 9.90 Å². The maximum Gasteiger partial charge on any atom is 0.346 e. The number of nitriles is 1. The highest BCUT2D eigenvalue weighted by Gasteiger charge is 2.41. The topological polar surface area (TPSA) is 67.6 Å². The maximum atomic E-state index is 11.8. The lowest BCUT2D eigenvalue weighted by Crippen LogP contribution is -2.24. The molecule has 0 spiro atoms. The van der Waals surface area contributed by atoms with Gasteiger partial charge >= 0.3 is 5.97 Å². The lowest BCUT2D eigenvalue weighted by atomic mass is 9.73. The lowest BCUT2D eigenvalue weighted by molar-refractivity contribution is -0.132. The van der Waals surface area contributed by atoms with Gasteiger partial charge in [-0.05, 0) is 161 Å². The van der Waals surface area contributed by atoms with E-state index in [2.05, 4.69) is 200 Å². The van der Waals surface area contributed by atoms with Crippen molar-refractivity contribution in [2.45, 2.75) is 32.1 Å². The molecule has 0 aliphatic heterocycles. The van der Waals surface area contributed by atoms with Gasteiger partial charge in [0.25, 0.3) is 0 Å². The number of benzene rings is 12. The average molecular weight is 900 g/mol. The summed E-state index contributed by atoms with van der Waals surface area (Å²) in [5.74, 6) is -1.25. The van der Waals surface area contributed by atoms with Crippen LogP contribution >= 0.6 is 0 Å². The molecule has 0 unspecified atom stereocenters. The molecule has 5 nitrogen and oxygen atoms in total. The second kappa shape index (κ2) is 15.8. The zero-order chi connectivity index (χ0) is 47.3. The van der Waals surface area contributed by atoms with Crippen LogP contribution in [0, 0.1) is 11.3 Å². The summed E-state index contributed by atoms with van der Waals surface area (Å²) in [7, 11) is 0. The van der Waals surface area contributed by atoms with Gasteiger partial charge in [0.2, 0.25) is 0 Å². The minimum absolute atomic E-state index is 0.283. The number of aliphatic carboxylic acids is 1. The molecule has 12 aromatic rings. The van der Waals surface area contributed by atoms with E-state index in [0.29, 0.717) is 5.56 Å². The minimum atomic E-state index is -1.25. The number of para-hydroxylation sites is 1. The largest absolute Gasteiger partial charge is 0.477 e. The number of carbonyl (C=O) groups is 1. The predicted molar refractivity (Wildman–Crippen MR) is 291 cm³/mol. The highest BCUT2D eigenvalue weighted by atomic mass is 16.4. The Bertz CT molecular complexity index is 4110. The third-order valence-electron chi connectivity index (χ3n) is 15.4. The van der Waals surface area contributed by atoms with E-state index in [1.165, 1.54) is 87.6 Å². The molecule has 1 aliphatic carbocycles. The summed E-state index contributed by atoms with van der Waals surface area (Å²) >= 11 is 0. The Hall–Kier alpha value is -8.98. The van der Waals surface area contributed by atoms with Crippen molar-refractivity contribution in [3.63, 3.8) is 0 Å². The molecule has 0 bridgehead atoms. The Balaban J connectivity index is 0.989. The van der Waals surface area contributed by atoms with Crippen LogP contribution in [0.5, 0.6) is 0 Å². The van der Waals surface area contributed by atoms with Gasteiger partial charge in [0.15, 0.2) is 0 Å². The molecule has 70 heavy (non-hydrogen) atoms. The number of nitrogens with zero attached hydrogens (tertiary/aromatic N) is 3. The van der Waals surface area contributed by atoms with E-state index >= 15 is 0 Å². The number of rotatable bonds is 10. The van der Waals surface area contributed by atoms with Crippen LogP contribution in [0.3, 0.4) is 0 Å². The van der Waals surface area contributed by atoms with E-state index < -0.39 is 5.97 Å². The summed E-state index contributed by atoms with van der Waals surface area (Å²) in [5.41, 5.74) is 11.5. The Morgan fingerprint density at radius 1 is 0.486 bits per heavy atom. The van der Waals surface area contributed by atoms with Crippen LogP contribution in [0.4, 0.5) is 34.1 Å². The van der Waals surface area contributed by atoms with E-state index in [1.54, 1.807) is 0 Å². The highest BCUT2D eigenvalue weighted by molar-refractivity contribution is 6.27. The van der Waals surface area contributed by atoms with Crippen molar-refractivity contribution in [3.8, 4) is 17.2 Å².